The van der Waals surface area contributed by atoms with Crippen molar-refractivity contribution in [1.29, 1.82) is 0 Å². The zero-order chi connectivity index (χ0) is 11.4. The molecule has 16 heavy (non-hydrogen) atoms. The second-order valence-electron chi connectivity index (χ2n) is 4.01. The van der Waals surface area contributed by atoms with E-state index in [1.165, 1.54) is 16.7 Å². The Bertz CT molecular complexity index is 448. The molecule has 2 N–H and O–H groups in total. The predicted molar refractivity (Wildman–Crippen MR) is 69.1 cm³/mol. The lowest BCUT2D eigenvalue weighted by atomic mass is 9.99. The van der Waals surface area contributed by atoms with Crippen molar-refractivity contribution >= 4 is 0 Å². The Labute approximate surface area is 96.9 Å². The summed E-state index contributed by atoms with van der Waals surface area (Å²) in [5.41, 5.74) is 9.73. The molecule has 2 rings (SSSR count). The average Bonchev–Trinajstić information content (AvgIpc) is 2.39. The molecule has 82 valence electrons. The smallest absolute Gasteiger partial charge is 0.0292 e. The maximum absolute atomic E-state index is 6.04. The largest absolute Gasteiger partial charge is 0.324 e. The molecule has 0 aromatic heterocycles. The lowest BCUT2D eigenvalue weighted by molar-refractivity contribution is 0.699. The Balaban J connectivity index is 2.36. The molecule has 0 aliphatic carbocycles. The summed E-state index contributed by atoms with van der Waals surface area (Å²) < 4.78 is 0. The van der Waals surface area contributed by atoms with Crippen molar-refractivity contribution in [3.05, 3.63) is 60.2 Å². The van der Waals surface area contributed by atoms with E-state index in [0.29, 0.717) is 0 Å². The number of nitrogens with two attached hydrogens (primary N) is 1. The van der Waals surface area contributed by atoms with E-state index in [0.717, 1.165) is 6.42 Å². The van der Waals surface area contributed by atoms with Crippen LogP contribution in [0.5, 0.6) is 0 Å². The predicted octanol–water partition coefficient (Wildman–Crippen LogP) is 3.76. The lowest BCUT2D eigenvalue weighted by Gasteiger charge is -2.10. The normalized spacial score (nSPS) is 12.4. The van der Waals surface area contributed by atoms with E-state index in [4.69, 9.17) is 5.73 Å². The number of hydrogen-bond acceptors (Lipinski definition) is 1. The van der Waals surface area contributed by atoms with Gasteiger partial charge in [-0.05, 0) is 29.2 Å². The summed E-state index contributed by atoms with van der Waals surface area (Å²) in [6.07, 6.45) is 0.970. The van der Waals surface area contributed by atoms with Crippen molar-refractivity contribution in [2.75, 3.05) is 0 Å². The number of benzene rings is 2. The summed E-state index contributed by atoms with van der Waals surface area (Å²) in [5, 5.41) is 0. The molecule has 0 radical (unpaired) electrons. The van der Waals surface area contributed by atoms with Crippen molar-refractivity contribution in [1.82, 2.24) is 0 Å². The van der Waals surface area contributed by atoms with Gasteiger partial charge in [0.15, 0.2) is 0 Å². The summed E-state index contributed by atoms with van der Waals surface area (Å²) in [6.45, 7) is 2.11. The van der Waals surface area contributed by atoms with E-state index in [2.05, 4.69) is 55.5 Å². The van der Waals surface area contributed by atoms with Crippen LogP contribution in [0.25, 0.3) is 11.1 Å². The molecule has 0 saturated carbocycles. The third-order valence-corrected chi connectivity index (χ3v) is 2.86. The highest BCUT2D eigenvalue weighted by molar-refractivity contribution is 5.64. The molecule has 1 atom stereocenters. The highest BCUT2D eigenvalue weighted by atomic mass is 14.6. The van der Waals surface area contributed by atoms with E-state index < -0.39 is 0 Å². The number of rotatable bonds is 3. The standard InChI is InChI=1S/C15H17N/c1-2-15(16)14-10-6-9-13(11-14)12-7-4-3-5-8-12/h3-11,15H,2,16H2,1H3/t15-/m0/s1. The Morgan fingerprint density at radius 2 is 1.62 bits per heavy atom. The van der Waals surface area contributed by atoms with Gasteiger partial charge in [0.25, 0.3) is 0 Å². The zero-order valence-corrected chi connectivity index (χ0v) is 9.56. The Morgan fingerprint density at radius 3 is 2.31 bits per heavy atom. The van der Waals surface area contributed by atoms with Crippen LogP contribution in [0.15, 0.2) is 54.6 Å². The Morgan fingerprint density at radius 1 is 0.938 bits per heavy atom. The molecule has 0 bridgehead atoms. The van der Waals surface area contributed by atoms with Gasteiger partial charge in [0.2, 0.25) is 0 Å². The van der Waals surface area contributed by atoms with Gasteiger partial charge in [-0.25, -0.2) is 0 Å². The molecule has 0 amide bonds. The van der Waals surface area contributed by atoms with Gasteiger partial charge in [-0.1, -0.05) is 55.5 Å². The van der Waals surface area contributed by atoms with Crippen molar-refractivity contribution in [2.24, 2.45) is 5.73 Å². The SMILES string of the molecule is CC[C@H](N)c1cccc(-c2ccccc2)c1. The first-order chi connectivity index (χ1) is 7.81. The van der Waals surface area contributed by atoms with Crippen LogP contribution in [0.2, 0.25) is 0 Å². The van der Waals surface area contributed by atoms with Crippen LogP contribution >= 0.6 is 0 Å². The van der Waals surface area contributed by atoms with Gasteiger partial charge in [0.1, 0.15) is 0 Å². The summed E-state index contributed by atoms with van der Waals surface area (Å²) in [5.74, 6) is 0. The van der Waals surface area contributed by atoms with Crippen LogP contribution in [0.4, 0.5) is 0 Å². The minimum Gasteiger partial charge on any atom is -0.324 e. The summed E-state index contributed by atoms with van der Waals surface area (Å²) in [6, 6.07) is 19.0. The third kappa shape index (κ3) is 2.31. The fraction of sp³-hybridized carbons (Fsp3) is 0.200. The van der Waals surface area contributed by atoms with Crippen molar-refractivity contribution in [3.63, 3.8) is 0 Å². The van der Waals surface area contributed by atoms with Gasteiger partial charge < -0.3 is 5.73 Å². The van der Waals surface area contributed by atoms with Crippen molar-refractivity contribution in [2.45, 2.75) is 19.4 Å². The van der Waals surface area contributed by atoms with E-state index in [1.807, 2.05) is 6.07 Å². The third-order valence-electron chi connectivity index (χ3n) is 2.86. The van der Waals surface area contributed by atoms with E-state index >= 15 is 0 Å². The molecule has 2 aromatic carbocycles. The summed E-state index contributed by atoms with van der Waals surface area (Å²) in [4.78, 5) is 0. The molecule has 0 aliphatic rings. The molecule has 0 unspecified atom stereocenters. The number of hydrogen-bond donors (Lipinski definition) is 1. The molecule has 0 spiro atoms. The van der Waals surface area contributed by atoms with Gasteiger partial charge in [0.05, 0.1) is 0 Å². The fourth-order valence-electron chi connectivity index (χ4n) is 1.82. The maximum atomic E-state index is 6.04. The van der Waals surface area contributed by atoms with Gasteiger partial charge in [-0.2, -0.15) is 0 Å². The van der Waals surface area contributed by atoms with Gasteiger partial charge in [-0.15, -0.1) is 0 Å². The molecule has 1 nitrogen and oxygen atoms in total. The van der Waals surface area contributed by atoms with Crippen LogP contribution in [0, 0.1) is 0 Å². The van der Waals surface area contributed by atoms with Crippen molar-refractivity contribution in [3.8, 4) is 11.1 Å². The van der Waals surface area contributed by atoms with Crippen LogP contribution in [-0.2, 0) is 0 Å². The average molecular weight is 211 g/mol. The maximum Gasteiger partial charge on any atom is 0.0292 e. The van der Waals surface area contributed by atoms with E-state index in [1.54, 1.807) is 0 Å². The molecule has 0 fully saturated rings. The highest BCUT2D eigenvalue weighted by Gasteiger charge is 2.04. The minimum absolute atomic E-state index is 0.142. The summed E-state index contributed by atoms with van der Waals surface area (Å²) >= 11 is 0. The molecule has 0 heterocycles. The minimum atomic E-state index is 0.142. The van der Waals surface area contributed by atoms with Gasteiger partial charge in [-0.3, -0.25) is 0 Å². The first-order valence-corrected chi connectivity index (χ1v) is 5.72. The molecule has 2 aromatic rings. The van der Waals surface area contributed by atoms with Crippen LogP contribution in [0.1, 0.15) is 24.9 Å². The second kappa shape index (κ2) is 4.95. The Hall–Kier alpha value is -1.60. The van der Waals surface area contributed by atoms with Gasteiger partial charge >= 0.3 is 0 Å². The second-order valence-corrected chi connectivity index (χ2v) is 4.01. The summed E-state index contributed by atoms with van der Waals surface area (Å²) in [7, 11) is 0. The van der Waals surface area contributed by atoms with Crippen LogP contribution < -0.4 is 5.73 Å². The van der Waals surface area contributed by atoms with E-state index in [-0.39, 0.29) is 6.04 Å². The molecular weight excluding hydrogens is 194 g/mol. The Kier molecular flexibility index (Phi) is 3.37. The molecule has 0 saturated heterocycles. The highest BCUT2D eigenvalue weighted by Crippen LogP contribution is 2.23. The quantitative estimate of drug-likeness (QED) is 0.821. The van der Waals surface area contributed by atoms with Crippen LogP contribution in [0.3, 0.4) is 0 Å². The van der Waals surface area contributed by atoms with Crippen molar-refractivity contribution < 1.29 is 0 Å². The first kappa shape index (κ1) is 10.9. The monoisotopic (exact) mass is 211 g/mol. The van der Waals surface area contributed by atoms with Crippen LogP contribution in [-0.4, -0.2) is 0 Å². The zero-order valence-electron chi connectivity index (χ0n) is 9.56. The molecule has 0 aliphatic heterocycles. The topological polar surface area (TPSA) is 26.0 Å². The van der Waals surface area contributed by atoms with Gasteiger partial charge in [0, 0.05) is 6.04 Å². The molecular formula is C15H17N. The lowest BCUT2D eigenvalue weighted by Crippen LogP contribution is -2.08. The van der Waals surface area contributed by atoms with E-state index in [9.17, 15) is 0 Å². The fourth-order valence-corrected chi connectivity index (χ4v) is 1.82. The molecule has 1 heteroatoms. The first-order valence-electron chi connectivity index (χ1n) is 5.72.